The number of hydrogen-bond acceptors (Lipinski definition) is 7. The van der Waals surface area contributed by atoms with Crippen LogP contribution >= 0.6 is 0 Å². The van der Waals surface area contributed by atoms with E-state index in [1.54, 1.807) is 37.9 Å². The molecule has 1 aromatic heterocycles. The first kappa shape index (κ1) is 25.9. The van der Waals surface area contributed by atoms with E-state index in [1.807, 2.05) is 31.2 Å². The van der Waals surface area contributed by atoms with Crippen LogP contribution in [0.4, 0.5) is 4.79 Å². The molecule has 0 atom stereocenters. The van der Waals surface area contributed by atoms with Crippen molar-refractivity contribution in [3.05, 3.63) is 71.9 Å². The number of rotatable bonds is 7. The molecule has 1 aliphatic rings. The molecule has 186 valence electrons. The zero-order valence-corrected chi connectivity index (χ0v) is 20.8. The van der Waals surface area contributed by atoms with Gasteiger partial charge in [-0.15, -0.1) is 0 Å². The normalized spacial score (nSPS) is 15.3. The maximum absolute atomic E-state index is 12.8. The van der Waals surface area contributed by atoms with Crippen LogP contribution in [0.2, 0.25) is 0 Å². The molecule has 0 unspecified atom stereocenters. The Morgan fingerprint density at radius 2 is 1.91 bits per heavy atom. The van der Waals surface area contributed by atoms with Gasteiger partial charge in [-0.05, 0) is 70.3 Å². The second kappa shape index (κ2) is 11.6. The minimum absolute atomic E-state index is 0.118. The van der Waals surface area contributed by atoms with Crippen LogP contribution in [0.15, 0.2) is 65.6 Å². The second-order valence-electron chi connectivity index (χ2n) is 9.24. The number of nitrogens with zero attached hydrogens (tertiary/aromatic N) is 5. The molecular weight excluding hydrogens is 446 g/mol. The van der Waals surface area contributed by atoms with Gasteiger partial charge < -0.3 is 14.4 Å². The van der Waals surface area contributed by atoms with Crippen molar-refractivity contribution in [2.24, 2.45) is 4.99 Å². The number of esters is 1. The summed E-state index contributed by atoms with van der Waals surface area (Å²) < 4.78 is 12.4. The molecule has 1 aliphatic heterocycles. The van der Waals surface area contributed by atoms with Crippen LogP contribution in [0, 0.1) is 0 Å². The van der Waals surface area contributed by atoms with E-state index in [0.717, 1.165) is 36.7 Å². The predicted molar refractivity (Wildman–Crippen MR) is 135 cm³/mol. The zero-order valence-electron chi connectivity index (χ0n) is 20.8. The fraction of sp³-hybridized carbons (Fsp3) is 0.385. The van der Waals surface area contributed by atoms with E-state index < -0.39 is 11.6 Å². The number of aromatic nitrogens is 2. The maximum Gasteiger partial charge on any atom is 0.359 e. The van der Waals surface area contributed by atoms with Gasteiger partial charge in [-0.3, -0.25) is 9.89 Å². The van der Waals surface area contributed by atoms with E-state index in [9.17, 15) is 9.59 Å². The van der Waals surface area contributed by atoms with Gasteiger partial charge >= 0.3 is 12.0 Å². The summed E-state index contributed by atoms with van der Waals surface area (Å²) in [6.07, 6.45) is 6.70. The van der Waals surface area contributed by atoms with Crippen LogP contribution in [0.1, 0.15) is 43.7 Å². The largest absolute Gasteiger partial charge is 0.462 e. The Kier molecular flexibility index (Phi) is 8.59. The number of hydrogen-bond donors (Lipinski definition) is 0. The molecule has 0 bridgehead atoms. The van der Waals surface area contributed by atoms with Crippen LogP contribution < -0.4 is 4.74 Å². The highest BCUT2D eigenvalue weighted by molar-refractivity contribution is 5.88. The summed E-state index contributed by atoms with van der Waals surface area (Å²) in [7, 11) is 0. The first-order valence-electron chi connectivity index (χ1n) is 11.5. The third-order valence-electron chi connectivity index (χ3n) is 5.14. The minimum Gasteiger partial charge on any atom is -0.462 e. The van der Waals surface area contributed by atoms with Gasteiger partial charge in [-0.2, -0.15) is 9.78 Å². The molecule has 1 aromatic carbocycles. The molecule has 1 amide bonds. The van der Waals surface area contributed by atoms with E-state index in [1.165, 1.54) is 16.9 Å². The van der Waals surface area contributed by atoms with Gasteiger partial charge in [-0.25, -0.2) is 9.59 Å². The summed E-state index contributed by atoms with van der Waals surface area (Å²) in [4.78, 5) is 32.7. The van der Waals surface area contributed by atoms with Gasteiger partial charge in [0.15, 0.2) is 5.69 Å². The van der Waals surface area contributed by atoms with Crippen molar-refractivity contribution in [1.82, 2.24) is 19.6 Å². The van der Waals surface area contributed by atoms with Gasteiger partial charge in [-0.1, -0.05) is 12.1 Å². The molecule has 2 aromatic rings. The molecule has 35 heavy (non-hydrogen) atoms. The smallest absolute Gasteiger partial charge is 0.359 e. The lowest BCUT2D eigenvalue weighted by atomic mass is 10.2. The summed E-state index contributed by atoms with van der Waals surface area (Å²) in [6.45, 7) is 14.0. The maximum atomic E-state index is 12.8. The monoisotopic (exact) mass is 479 g/mol. The third-order valence-corrected chi connectivity index (χ3v) is 5.14. The Balaban J connectivity index is 1.52. The van der Waals surface area contributed by atoms with Crippen molar-refractivity contribution in [3.8, 4) is 5.75 Å². The molecule has 0 aliphatic carbocycles. The Bertz CT molecular complexity index is 1100. The van der Waals surface area contributed by atoms with Crippen LogP contribution in [0.3, 0.4) is 0 Å². The van der Waals surface area contributed by atoms with E-state index in [-0.39, 0.29) is 11.7 Å². The molecule has 1 saturated heterocycles. The number of carbonyl (C=O) groups excluding carboxylic acids is 2. The van der Waals surface area contributed by atoms with Gasteiger partial charge in [0.05, 0.1) is 0 Å². The average Bonchev–Trinajstić information content (AvgIpc) is 3.29. The molecular formula is C26H33N5O4. The van der Waals surface area contributed by atoms with Crippen molar-refractivity contribution in [1.29, 1.82) is 0 Å². The van der Waals surface area contributed by atoms with E-state index in [0.29, 0.717) is 13.1 Å². The SMILES string of the molecule is C=N/C=C\C=C(/C)Oc1cccc(CN2CCN(C(=O)n3ccc(C(=O)OC(C)(C)C)n3)CC2)c1. The molecule has 9 heteroatoms. The highest BCUT2D eigenvalue weighted by atomic mass is 16.6. The fourth-order valence-electron chi connectivity index (χ4n) is 3.54. The molecule has 0 radical (unpaired) electrons. The molecule has 0 N–H and O–H groups in total. The number of aliphatic imine (C=N–C) groups is 1. The Hall–Kier alpha value is -3.72. The predicted octanol–water partition coefficient (Wildman–Crippen LogP) is 4.12. The standard InChI is InChI=1S/C26H33N5O4/c1-20(8-7-12-27-5)34-22-10-6-9-21(18-22)19-29-14-16-30(17-15-29)25(33)31-13-11-23(28-31)24(32)35-26(2,3)4/h6-13,18H,5,14-17,19H2,1-4H3/b12-7-,20-8+. The molecule has 0 spiro atoms. The molecule has 3 rings (SSSR count). The fourth-order valence-corrected chi connectivity index (χ4v) is 3.54. The Morgan fingerprint density at radius 1 is 1.17 bits per heavy atom. The van der Waals surface area contributed by atoms with E-state index >= 15 is 0 Å². The lowest BCUT2D eigenvalue weighted by molar-refractivity contribution is 0.00623. The minimum atomic E-state index is -0.622. The molecule has 1 fully saturated rings. The lowest BCUT2D eigenvalue weighted by Crippen LogP contribution is -2.49. The quantitative estimate of drug-likeness (QED) is 0.257. The van der Waals surface area contributed by atoms with Crippen molar-refractivity contribution in [2.45, 2.75) is 39.8 Å². The van der Waals surface area contributed by atoms with Crippen molar-refractivity contribution in [3.63, 3.8) is 0 Å². The van der Waals surface area contributed by atoms with Gasteiger partial charge in [0.1, 0.15) is 17.1 Å². The van der Waals surface area contributed by atoms with Crippen LogP contribution in [0.5, 0.6) is 5.75 Å². The average molecular weight is 480 g/mol. The van der Waals surface area contributed by atoms with Crippen LogP contribution in [-0.2, 0) is 11.3 Å². The molecule has 9 nitrogen and oxygen atoms in total. The third kappa shape index (κ3) is 7.92. The highest BCUT2D eigenvalue weighted by Gasteiger charge is 2.25. The number of piperazine rings is 1. The number of allylic oxidation sites excluding steroid dienone is 3. The summed E-state index contributed by atoms with van der Waals surface area (Å²) in [5.74, 6) is 0.975. The first-order valence-corrected chi connectivity index (χ1v) is 11.5. The molecule has 0 saturated carbocycles. The van der Waals surface area contributed by atoms with Gasteiger partial charge in [0, 0.05) is 45.1 Å². The lowest BCUT2D eigenvalue weighted by Gasteiger charge is -2.34. The van der Waals surface area contributed by atoms with E-state index in [2.05, 4.69) is 27.8 Å². The van der Waals surface area contributed by atoms with Gasteiger partial charge in [0.25, 0.3) is 0 Å². The summed E-state index contributed by atoms with van der Waals surface area (Å²) in [6, 6.07) is 9.22. The van der Waals surface area contributed by atoms with Crippen LogP contribution in [0.25, 0.3) is 0 Å². The number of benzene rings is 1. The number of carbonyl (C=O) groups is 2. The van der Waals surface area contributed by atoms with Crippen LogP contribution in [-0.4, -0.2) is 70.1 Å². The summed E-state index contributed by atoms with van der Waals surface area (Å²) in [5.41, 5.74) is 0.628. The van der Waals surface area contributed by atoms with Crippen molar-refractivity contribution >= 4 is 18.7 Å². The Labute approximate surface area is 206 Å². The topological polar surface area (TPSA) is 89.3 Å². The van der Waals surface area contributed by atoms with Gasteiger partial charge in [0.2, 0.25) is 0 Å². The van der Waals surface area contributed by atoms with E-state index in [4.69, 9.17) is 9.47 Å². The first-order chi connectivity index (χ1) is 16.6. The Morgan fingerprint density at radius 3 is 2.60 bits per heavy atom. The summed E-state index contributed by atoms with van der Waals surface area (Å²) >= 11 is 0. The zero-order chi connectivity index (χ0) is 25.4. The second-order valence-corrected chi connectivity index (χ2v) is 9.24. The highest BCUT2D eigenvalue weighted by Crippen LogP contribution is 2.18. The van der Waals surface area contributed by atoms with Crippen molar-refractivity contribution < 1.29 is 19.1 Å². The molecule has 2 heterocycles. The van der Waals surface area contributed by atoms with Crippen molar-refractivity contribution in [2.75, 3.05) is 26.2 Å². The summed E-state index contributed by atoms with van der Waals surface area (Å²) in [5, 5.41) is 4.12. The number of ether oxygens (including phenoxy) is 2. The number of amides is 1.